The zero-order valence-corrected chi connectivity index (χ0v) is 12.7. The molecule has 0 bridgehead atoms. The van der Waals surface area contributed by atoms with Crippen LogP contribution in [-0.2, 0) is 9.47 Å². The van der Waals surface area contributed by atoms with Crippen LogP contribution in [0.4, 0.5) is 0 Å². The van der Waals surface area contributed by atoms with Crippen LogP contribution in [0, 0.1) is 5.41 Å². The number of rotatable bonds is 3. The molecule has 110 valence electrons. The standard InChI is InChI=1S/C16H29NO2/c1-15(2)13(10-14(15)18-3)17-12-6-9-19-16(11-12)7-4-5-8-16/h12-14,17H,4-11H2,1-3H3. The molecule has 2 aliphatic carbocycles. The van der Waals surface area contributed by atoms with Crippen LogP contribution in [0.25, 0.3) is 0 Å². The van der Waals surface area contributed by atoms with Crippen molar-refractivity contribution in [2.24, 2.45) is 5.41 Å². The lowest BCUT2D eigenvalue weighted by molar-refractivity contribution is -0.118. The molecule has 1 N–H and O–H groups in total. The average Bonchev–Trinajstić information content (AvgIpc) is 2.82. The first-order valence-corrected chi connectivity index (χ1v) is 7.99. The van der Waals surface area contributed by atoms with Gasteiger partial charge in [0.2, 0.25) is 0 Å². The zero-order valence-electron chi connectivity index (χ0n) is 12.7. The highest BCUT2D eigenvalue weighted by atomic mass is 16.5. The van der Waals surface area contributed by atoms with E-state index in [1.807, 2.05) is 7.11 Å². The van der Waals surface area contributed by atoms with Gasteiger partial charge in [0.15, 0.2) is 0 Å². The number of methoxy groups -OCH3 is 1. The largest absolute Gasteiger partial charge is 0.381 e. The molecule has 2 saturated carbocycles. The zero-order chi connectivity index (χ0) is 13.5. The van der Waals surface area contributed by atoms with Crippen molar-refractivity contribution in [1.29, 1.82) is 0 Å². The monoisotopic (exact) mass is 267 g/mol. The first kappa shape index (κ1) is 13.8. The highest BCUT2D eigenvalue weighted by Gasteiger charge is 2.50. The van der Waals surface area contributed by atoms with E-state index >= 15 is 0 Å². The average molecular weight is 267 g/mol. The van der Waals surface area contributed by atoms with Crippen LogP contribution in [0.2, 0.25) is 0 Å². The lowest BCUT2D eigenvalue weighted by Crippen LogP contribution is -2.63. The predicted octanol–water partition coefficient (Wildman–Crippen LogP) is 2.88. The van der Waals surface area contributed by atoms with Crippen molar-refractivity contribution in [2.45, 2.75) is 82.6 Å². The SMILES string of the molecule is COC1CC(NC2CCOC3(CCCC3)C2)C1(C)C. The van der Waals surface area contributed by atoms with Gasteiger partial charge in [-0.05, 0) is 32.1 Å². The topological polar surface area (TPSA) is 30.5 Å². The van der Waals surface area contributed by atoms with E-state index < -0.39 is 0 Å². The molecule has 1 saturated heterocycles. The minimum absolute atomic E-state index is 0.227. The van der Waals surface area contributed by atoms with Gasteiger partial charge in [0.1, 0.15) is 0 Å². The Labute approximate surface area is 117 Å². The quantitative estimate of drug-likeness (QED) is 0.853. The Bertz CT molecular complexity index is 323. The summed E-state index contributed by atoms with van der Waals surface area (Å²) >= 11 is 0. The van der Waals surface area contributed by atoms with Crippen LogP contribution in [0.5, 0.6) is 0 Å². The molecular formula is C16H29NO2. The van der Waals surface area contributed by atoms with Gasteiger partial charge in [-0.3, -0.25) is 0 Å². The molecule has 3 unspecified atom stereocenters. The van der Waals surface area contributed by atoms with E-state index in [0.29, 0.717) is 18.2 Å². The van der Waals surface area contributed by atoms with Crippen molar-refractivity contribution >= 4 is 0 Å². The molecule has 3 fully saturated rings. The molecule has 3 aliphatic rings. The highest BCUT2D eigenvalue weighted by molar-refractivity contribution is 5.05. The van der Waals surface area contributed by atoms with Gasteiger partial charge in [0.25, 0.3) is 0 Å². The van der Waals surface area contributed by atoms with Crippen molar-refractivity contribution in [3.05, 3.63) is 0 Å². The Hall–Kier alpha value is -0.120. The van der Waals surface area contributed by atoms with E-state index in [4.69, 9.17) is 9.47 Å². The first-order valence-electron chi connectivity index (χ1n) is 7.99. The normalized spacial score (nSPS) is 40.3. The van der Waals surface area contributed by atoms with Crippen LogP contribution in [0.1, 0.15) is 58.8 Å². The summed E-state index contributed by atoms with van der Waals surface area (Å²) in [6, 6.07) is 1.26. The number of nitrogens with one attached hydrogen (secondary N) is 1. The molecule has 0 aromatic heterocycles. The molecule has 3 heteroatoms. The summed E-state index contributed by atoms with van der Waals surface area (Å²) in [6.45, 7) is 5.60. The molecule has 0 radical (unpaired) electrons. The van der Waals surface area contributed by atoms with Gasteiger partial charge in [-0.2, -0.15) is 0 Å². The van der Waals surface area contributed by atoms with E-state index in [1.165, 1.54) is 38.5 Å². The summed E-state index contributed by atoms with van der Waals surface area (Å²) in [4.78, 5) is 0. The van der Waals surface area contributed by atoms with Gasteiger partial charge in [-0.15, -0.1) is 0 Å². The van der Waals surface area contributed by atoms with Crippen LogP contribution >= 0.6 is 0 Å². The third kappa shape index (κ3) is 2.45. The van der Waals surface area contributed by atoms with Crippen molar-refractivity contribution in [2.75, 3.05) is 13.7 Å². The molecule has 1 spiro atoms. The lowest BCUT2D eigenvalue weighted by Gasteiger charge is -2.53. The second-order valence-electron chi connectivity index (χ2n) is 7.43. The lowest BCUT2D eigenvalue weighted by atomic mass is 9.64. The maximum Gasteiger partial charge on any atom is 0.0697 e. The molecule has 3 nitrogen and oxygen atoms in total. The van der Waals surface area contributed by atoms with Crippen LogP contribution in [-0.4, -0.2) is 37.5 Å². The number of hydrogen-bond acceptors (Lipinski definition) is 3. The predicted molar refractivity (Wildman–Crippen MR) is 76.3 cm³/mol. The van der Waals surface area contributed by atoms with Gasteiger partial charge in [0, 0.05) is 31.2 Å². The van der Waals surface area contributed by atoms with E-state index in [2.05, 4.69) is 19.2 Å². The maximum atomic E-state index is 6.12. The fourth-order valence-electron chi connectivity index (χ4n) is 4.39. The second kappa shape index (κ2) is 5.01. The molecule has 3 rings (SSSR count). The summed E-state index contributed by atoms with van der Waals surface area (Å²) in [5, 5.41) is 3.90. The minimum atomic E-state index is 0.227. The van der Waals surface area contributed by atoms with E-state index in [9.17, 15) is 0 Å². The molecule has 0 aromatic rings. The van der Waals surface area contributed by atoms with Gasteiger partial charge in [-0.25, -0.2) is 0 Å². The molecule has 3 atom stereocenters. The Morgan fingerprint density at radius 3 is 2.58 bits per heavy atom. The van der Waals surface area contributed by atoms with Crippen molar-refractivity contribution in [1.82, 2.24) is 5.32 Å². The fourth-order valence-corrected chi connectivity index (χ4v) is 4.39. The Morgan fingerprint density at radius 2 is 1.95 bits per heavy atom. The molecule has 1 aliphatic heterocycles. The van der Waals surface area contributed by atoms with Crippen LogP contribution in [0.3, 0.4) is 0 Å². The van der Waals surface area contributed by atoms with E-state index in [-0.39, 0.29) is 11.0 Å². The van der Waals surface area contributed by atoms with Crippen LogP contribution < -0.4 is 5.32 Å². The number of hydrogen-bond donors (Lipinski definition) is 1. The van der Waals surface area contributed by atoms with Crippen molar-refractivity contribution in [3.63, 3.8) is 0 Å². The van der Waals surface area contributed by atoms with Crippen LogP contribution in [0.15, 0.2) is 0 Å². The molecule has 0 aromatic carbocycles. The summed E-state index contributed by atoms with van der Waals surface area (Å²) in [6.07, 6.45) is 9.24. The molecule has 19 heavy (non-hydrogen) atoms. The number of ether oxygens (including phenoxy) is 2. The van der Waals surface area contributed by atoms with E-state index in [0.717, 1.165) is 13.0 Å². The maximum absolute atomic E-state index is 6.12. The third-order valence-electron chi connectivity index (χ3n) is 5.91. The smallest absolute Gasteiger partial charge is 0.0697 e. The summed E-state index contributed by atoms with van der Waals surface area (Å²) < 4.78 is 11.7. The van der Waals surface area contributed by atoms with Gasteiger partial charge in [-0.1, -0.05) is 26.7 Å². The molecule has 1 heterocycles. The summed E-state index contributed by atoms with van der Waals surface area (Å²) in [5.41, 5.74) is 0.500. The summed E-state index contributed by atoms with van der Waals surface area (Å²) in [7, 11) is 1.84. The van der Waals surface area contributed by atoms with Gasteiger partial charge >= 0.3 is 0 Å². The Kier molecular flexibility index (Phi) is 3.65. The molecule has 0 amide bonds. The second-order valence-corrected chi connectivity index (χ2v) is 7.43. The van der Waals surface area contributed by atoms with Gasteiger partial charge in [0.05, 0.1) is 11.7 Å². The highest BCUT2D eigenvalue weighted by Crippen LogP contribution is 2.44. The van der Waals surface area contributed by atoms with E-state index in [1.54, 1.807) is 0 Å². The first-order chi connectivity index (χ1) is 9.06. The minimum Gasteiger partial charge on any atom is -0.381 e. The molecular weight excluding hydrogens is 238 g/mol. The van der Waals surface area contributed by atoms with Crippen molar-refractivity contribution in [3.8, 4) is 0 Å². The summed E-state index contributed by atoms with van der Waals surface area (Å²) in [5.74, 6) is 0. The Balaban J connectivity index is 1.56. The third-order valence-corrected chi connectivity index (χ3v) is 5.91. The fraction of sp³-hybridized carbons (Fsp3) is 1.00. The Morgan fingerprint density at radius 1 is 1.21 bits per heavy atom. The van der Waals surface area contributed by atoms with Gasteiger partial charge < -0.3 is 14.8 Å². The van der Waals surface area contributed by atoms with Crippen molar-refractivity contribution < 1.29 is 9.47 Å².